The van der Waals surface area contributed by atoms with Crippen LogP contribution in [-0.2, 0) is 4.74 Å². The third-order valence-electron chi connectivity index (χ3n) is 2.15. The van der Waals surface area contributed by atoms with Gasteiger partial charge in [0, 0.05) is 11.5 Å². The number of carbonyl (C=O) groups excluding carboxylic acids is 1. The van der Waals surface area contributed by atoms with Gasteiger partial charge >= 0.3 is 5.97 Å². The molecule has 0 fully saturated rings. The summed E-state index contributed by atoms with van der Waals surface area (Å²) in [5, 5.41) is 0.742. The number of nitrogen functional groups attached to an aromatic ring is 1. The van der Waals surface area contributed by atoms with E-state index in [9.17, 15) is 4.79 Å². The zero-order chi connectivity index (χ0) is 11.7. The van der Waals surface area contributed by atoms with Gasteiger partial charge in [-0.25, -0.2) is 9.78 Å². The summed E-state index contributed by atoms with van der Waals surface area (Å²) < 4.78 is 9.63. The van der Waals surface area contributed by atoms with Crippen LogP contribution >= 0.6 is 11.3 Å². The van der Waals surface area contributed by atoms with Crippen molar-refractivity contribution in [2.45, 2.75) is 0 Å². The molecule has 2 aromatic rings. The van der Waals surface area contributed by atoms with E-state index in [0.29, 0.717) is 21.3 Å². The second-order valence-corrected chi connectivity index (χ2v) is 4.04. The van der Waals surface area contributed by atoms with E-state index >= 15 is 0 Å². The number of pyridine rings is 1. The third kappa shape index (κ3) is 1.57. The Labute approximate surface area is 95.8 Å². The summed E-state index contributed by atoms with van der Waals surface area (Å²) in [6.45, 7) is 0. The first-order valence-electron chi connectivity index (χ1n) is 4.48. The molecular formula is C10H10N2O3S. The Bertz CT molecular complexity index is 550. The van der Waals surface area contributed by atoms with E-state index in [2.05, 4.69) is 9.72 Å². The molecule has 2 aromatic heterocycles. The van der Waals surface area contributed by atoms with Crippen LogP contribution in [0.2, 0.25) is 0 Å². The highest BCUT2D eigenvalue weighted by atomic mass is 32.1. The molecule has 5 nitrogen and oxygen atoms in total. The predicted molar refractivity (Wildman–Crippen MR) is 61.9 cm³/mol. The number of carbonyl (C=O) groups is 1. The molecule has 2 N–H and O–H groups in total. The summed E-state index contributed by atoms with van der Waals surface area (Å²) in [7, 11) is 2.85. The van der Waals surface area contributed by atoms with E-state index in [4.69, 9.17) is 10.5 Å². The lowest BCUT2D eigenvalue weighted by atomic mass is 10.2. The average Bonchev–Trinajstić information content (AvgIpc) is 2.65. The molecule has 0 aliphatic carbocycles. The number of thiophene rings is 1. The lowest BCUT2D eigenvalue weighted by molar-refractivity contribution is 0.0607. The lowest BCUT2D eigenvalue weighted by Gasteiger charge is -1.97. The highest BCUT2D eigenvalue weighted by molar-refractivity contribution is 7.21. The number of nitrogens with two attached hydrogens (primary N) is 1. The molecule has 0 aliphatic heterocycles. The second-order valence-electron chi connectivity index (χ2n) is 3.04. The van der Waals surface area contributed by atoms with Gasteiger partial charge in [0.2, 0.25) is 5.88 Å². The summed E-state index contributed by atoms with van der Waals surface area (Å²) in [5.74, 6) is 0.0460. The van der Waals surface area contributed by atoms with Crippen molar-refractivity contribution in [2.24, 2.45) is 0 Å². The largest absolute Gasteiger partial charge is 0.481 e. The molecule has 0 saturated carbocycles. The number of rotatable bonds is 2. The summed E-state index contributed by atoms with van der Waals surface area (Å²) in [5.41, 5.74) is 6.24. The van der Waals surface area contributed by atoms with Crippen LogP contribution in [0.1, 0.15) is 9.67 Å². The maximum Gasteiger partial charge on any atom is 0.350 e. The number of anilines is 1. The van der Waals surface area contributed by atoms with Gasteiger partial charge in [0.15, 0.2) is 0 Å². The Morgan fingerprint density at radius 2 is 2.19 bits per heavy atom. The fourth-order valence-electron chi connectivity index (χ4n) is 1.34. The van der Waals surface area contributed by atoms with Gasteiger partial charge in [-0.1, -0.05) is 0 Å². The van der Waals surface area contributed by atoms with Gasteiger partial charge in [0.05, 0.1) is 19.9 Å². The van der Waals surface area contributed by atoms with E-state index in [-0.39, 0.29) is 0 Å². The number of aromatic nitrogens is 1. The Kier molecular flexibility index (Phi) is 2.66. The van der Waals surface area contributed by atoms with Crippen molar-refractivity contribution < 1.29 is 14.3 Å². The minimum atomic E-state index is -0.445. The number of nitrogens with zero attached hydrogens (tertiary/aromatic N) is 1. The van der Waals surface area contributed by atoms with Gasteiger partial charge in [-0.3, -0.25) is 0 Å². The summed E-state index contributed by atoms with van der Waals surface area (Å²) >= 11 is 1.20. The highest BCUT2D eigenvalue weighted by Gasteiger charge is 2.17. The second kappa shape index (κ2) is 3.97. The van der Waals surface area contributed by atoms with Crippen LogP contribution < -0.4 is 10.5 Å². The zero-order valence-electron chi connectivity index (χ0n) is 8.81. The summed E-state index contributed by atoms with van der Waals surface area (Å²) in [6.07, 6.45) is 0. The number of methoxy groups -OCH3 is 2. The van der Waals surface area contributed by atoms with Gasteiger partial charge in [0.1, 0.15) is 9.71 Å². The Hall–Kier alpha value is -1.82. The van der Waals surface area contributed by atoms with Crippen molar-refractivity contribution in [1.29, 1.82) is 0 Å². The summed E-state index contributed by atoms with van der Waals surface area (Å²) in [4.78, 5) is 16.6. The van der Waals surface area contributed by atoms with Gasteiger partial charge in [-0.15, -0.1) is 11.3 Å². The van der Waals surface area contributed by atoms with E-state index in [1.165, 1.54) is 25.6 Å². The molecule has 0 amide bonds. The minimum Gasteiger partial charge on any atom is -0.481 e. The maximum absolute atomic E-state index is 11.4. The molecule has 2 rings (SSSR count). The fourth-order valence-corrected chi connectivity index (χ4v) is 2.34. The summed E-state index contributed by atoms with van der Waals surface area (Å²) in [6, 6.07) is 3.48. The van der Waals surface area contributed by atoms with Crippen LogP contribution in [0.4, 0.5) is 5.69 Å². The first-order valence-corrected chi connectivity index (χ1v) is 5.30. The van der Waals surface area contributed by atoms with Gasteiger partial charge in [-0.2, -0.15) is 0 Å². The normalized spacial score (nSPS) is 10.4. The minimum absolute atomic E-state index is 0.373. The van der Waals surface area contributed by atoms with Crippen molar-refractivity contribution in [2.75, 3.05) is 20.0 Å². The Morgan fingerprint density at radius 3 is 2.81 bits per heavy atom. The lowest BCUT2D eigenvalue weighted by Crippen LogP contribution is -2.01. The Morgan fingerprint density at radius 1 is 1.44 bits per heavy atom. The quantitative estimate of drug-likeness (QED) is 0.805. The first-order chi connectivity index (χ1) is 7.67. The van der Waals surface area contributed by atoms with Crippen molar-refractivity contribution in [3.8, 4) is 5.88 Å². The maximum atomic E-state index is 11.4. The molecule has 16 heavy (non-hydrogen) atoms. The smallest absolute Gasteiger partial charge is 0.350 e. The first kappa shape index (κ1) is 10.7. The molecule has 0 saturated heterocycles. The van der Waals surface area contributed by atoms with Gasteiger partial charge in [-0.05, 0) is 6.07 Å². The SMILES string of the molecule is COC(=O)c1sc2nc(OC)ccc2c1N. The molecule has 0 unspecified atom stereocenters. The monoisotopic (exact) mass is 238 g/mol. The van der Waals surface area contributed by atoms with E-state index in [1.54, 1.807) is 12.1 Å². The number of hydrogen-bond acceptors (Lipinski definition) is 6. The number of esters is 1. The molecule has 0 bridgehead atoms. The van der Waals surface area contributed by atoms with Gasteiger partial charge < -0.3 is 15.2 Å². The highest BCUT2D eigenvalue weighted by Crippen LogP contribution is 2.33. The van der Waals surface area contributed by atoms with Crippen molar-refractivity contribution >= 4 is 33.2 Å². The van der Waals surface area contributed by atoms with E-state index in [0.717, 1.165) is 5.39 Å². The van der Waals surface area contributed by atoms with Crippen molar-refractivity contribution in [3.63, 3.8) is 0 Å². The van der Waals surface area contributed by atoms with Gasteiger partial charge in [0.25, 0.3) is 0 Å². The van der Waals surface area contributed by atoms with Crippen LogP contribution in [0.25, 0.3) is 10.2 Å². The molecule has 0 aromatic carbocycles. The molecule has 0 atom stereocenters. The number of hydrogen-bond donors (Lipinski definition) is 1. The standard InChI is InChI=1S/C10H10N2O3S/c1-14-6-4-3-5-7(11)8(10(13)15-2)16-9(5)12-6/h3-4H,11H2,1-2H3. The van der Waals surface area contributed by atoms with Crippen LogP contribution in [0.3, 0.4) is 0 Å². The van der Waals surface area contributed by atoms with Crippen LogP contribution in [-0.4, -0.2) is 25.2 Å². The molecule has 0 spiro atoms. The molecule has 0 aliphatic rings. The van der Waals surface area contributed by atoms with Crippen molar-refractivity contribution in [3.05, 3.63) is 17.0 Å². The molecule has 6 heteroatoms. The van der Waals surface area contributed by atoms with Crippen LogP contribution in [0.5, 0.6) is 5.88 Å². The predicted octanol–water partition coefficient (Wildman–Crippen LogP) is 1.67. The molecule has 0 radical (unpaired) electrons. The molecule has 84 valence electrons. The third-order valence-corrected chi connectivity index (χ3v) is 3.24. The average molecular weight is 238 g/mol. The van der Waals surface area contributed by atoms with Crippen molar-refractivity contribution in [1.82, 2.24) is 4.98 Å². The Balaban J connectivity index is 2.63. The van der Waals surface area contributed by atoms with Crippen LogP contribution in [0, 0.1) is 0 Å². The fraction of sp³-hybridized carbons (Fsp3) is 0.200. The topological polar surface area (TPSA) is 74.4 Å². The number of ether oxygens (including phenoxy) is 2. The van der Waals surface area contributed by atoms with E-state index in [1.807, 2.05) is 0 Å². The zero-order valence-corrected chi connectivity index (χ0v) is 9.63. The van der Waals surface area contributed by atoms with E-state index < -0.39 is 5.97 Å². The van der Waals surface area contributed by atoms with Crippen LogP contribution in [0.15, 0.2) is 12.1 Å². The number of fused-ring (bicyclic) bond motifs is 1. The molecular weight excluding hydrogens is 228 g/mol. The molecule has 2 heterocycles.